The Morgan fingerprint density at radius 2 is 2.48 bits per heavy atom. The molecule has 1 saturated heterocycles. The molecular formula is C15H20N2O3S. The monoisotopic (exact) mass is 308 g/mol. The van der Waals surface area contributed by atoms with Crippen LogP contribution < -0.4 is 5.32 Å². The molecular weight excluding hydrogens is 288 g/mol. The highest BCUT2D eigenvalue weighted by molar-refractivity contribution is 7.14. The van der Waals surface area contributed by atoms with E-state index in [2.05, 4.69) is 22.1 Å². The lowest BCUT2D eigenvalue weighted by atomic mass is 10.3. The van der Waals surface area contributed by atoms with Gasteiger partial charge in [-0.3, -0.25) is 4.79 Å². The van der Waals surface area contributed by atoms with E-state index in [1.807, 2.05) is 13.1 Å². The van der Waals surface area contributed by atoms with Crippen LogP contribution in [0.15, 0.2) is 12.1 Å². The topological polar surface area (TPSA) is 61.8 Å². The number of aliphatic hydroxyl groups is 1. The second kappa shape index (κ2) is 8.15. The summed E-state index contributed by atoms with van der Waals surface area (Å²) in [5, 5.41) is 11.6. The normalized spacial score (nSPS) is 18.9. The molecule has 6 heteroatoms. The van der Waals surface area contributed by atoms with Crippen molar-refractivity contribution in [2.24, 2.45) is 0 Å². The highest BCUT2D eigenvalue weighted by atomic mass is 32.1. The predicted molar refractivity (Wildman–Crippen MR) is 82.5 cm³/mol. The van der Waals surface area contributed by atoms with Gasteiger partial charge in [-0.05, 0) is 19.2 Å². The van der Waals surface area contributed by atoms with Crippen LogP contribution in [0.2, 0.25) is 0 Å². The summed E-state index contributed by atoms with van der Waals surface area (Å²) in [5.74, 6) is 5.68. The van der Waals surface area contributed by atoms with Gasteiger partial charge in [0, 0.05) is 26.1 Å². The molecule has 0 spiro atoms. The Bertz CT molecular complexity index is 533. The molecule has 1 aromatic heterocycles. The first-order valence-electron chi connectivity index (χ1n) is 6.97. The van der Waals surface area contributed by atoms with Crippen molar-refractivity contribution in [3.8, 4) is 11.8 Å². The molecule has 1 unspecified atom stereocenters. The maximum Gasteiger partial charge on any atom is 0.261 e. The van der Waals surface area contributed by atoms with Crippen LogP contribution in [0, 0.1) is 11.8 Å². The minimum absolute atomic E-state index is 0.0523. The van der Waals surface area contributed by atoms with Crippen molar-refractivity contribution in [2.45, 2.75) is 12.5 Å². The van der Waals surface area contributed by atoms with Crippen molar-refractivity contribution in [1.82, 2.24) is 10.2 Å². The Kier molecular flexibility index (Phi) is 6.21. The Morgan fingerprint density at radius 1 is 1.62 bits per heavy atom. The summed E-state index contributed by atoms with van der Waals surface area (Å²) in [4.78, 5) is 15.7. The minimum atomic E-state index is -0.0907. The van der Waals surface area contributed by atoms with E-state index >= 15 is 0 Å². The van der Waals surface area contributed by atoms with Gasteiger partial charge in [-0.15, -0.1) is 11.3 Å². The average Bonchev–Trinajstić information content (AvgIpc) is 2.94. The fourth-order valence-electron chi connectivity index (χ4n) is 2.02. The summed E-state index contributed by atoms with van der Waals surface area (Å²) >= 11 is 1.36. The molecule has 1 fully saturated rings. The number of nitrogens with one attached hydrogen (secondary N) is 1. The number of carbonyl (C=O) groups is 1. The Hall–Kier alpha value is -1.39. The van der Waals surface area contributed by atoms with Crippen molar-refractivity contribution in [2.75, 3.05) is 39.9 Å². The fraction of sp³-hybridized carbons (Fsp3) is 0.533. The second-order valence-electron chi connectivity index (χ2n) is 4.90. The van der Waals surface area contributed by atoms with Crippen molar-refractivity contribution in [3.05, 3.63) is 21.9 Å². The number of carbonyl (C=O) groups excluding carboxylic acids is 1. The minimum Gasteiger partial charge on any atom is -0.395 e. The highest BCUT2D eigenvalue weighted by Crippen LogP contribution is 2.15. The molecule has 2 N–H and O–H groups in total. The van der Waals surface area contributed by atoms with Crippen molar-refractivity contribution in [1.29, 1.82) is 0 Å². The Labute approximate surface area is 128 Å². The molecule has 1 atom stereocenters. The molecule has 0 aromatic carbocycles. The first kappa shape index (κ1) is 16.0. The quantitative estimate of drug-likeness (QED) is 0.797. The Balaban J connectivity index is 1.82. The number of morpholine rings is 1. The third kappa shape index (κ3) is 5.14. The maximum atomic E-state index is 12.1. The first-order chi connectivity index (χ1) is 10.2. The van der Waals surface area contributed by atoms with Crippen molar-refractivity contribution >= 4 is 17.2 Å². The van der Waals surface area contributed by atoms with Gasteiger partial charge in [0.1, 0.15) is 0 Å². The van der Waals surface area contributed by atoms with Crippen LogP contribution in [0.3, 0.4) is 0 Å². The molecule has 1 aliphatic heterocycles. The zero-order valence-corrected chi connectivity index (χ0v) is 12.9. The van der Waals surface area contributed by atoms with Gasteiger partial charge in [-0.1, -0.05) is 11.8 Å². The van der Waals surface area contributed by atoms with Gasteiger partial charge >= 0.3 is 0 Å². The smallest absolute Gasteiger partial charge is 0.261 e. The number of amides is 1. The zero-order chi connectivity index (χ0) is 15.1. The highest BCUT2D eigenvalue weighted by Gasteiger charge is 2.18. The summed E-state index contributed by atoms with van der Waals surface area (Å²) < 4.78 is 5.61. The van der Waals surface area contributed by atoms with Gasteiger partial charge in [0.05, 0.1) is 29.1 Å². The van der Waals surface area contributed by atoms with Crippen LogP contribution >= 0.6 is 11.3 Å². The number of ether oxygens (including phenoxy) is 1. The lowest BCUT2D eigenvalue weighted by molar-refractivity contribution is -0.0174. The van der Waals surface area contributed by atoms with Crippen LogP contribution in [0.5, 0.6) is 0 Å². The van der Waals surface area contributed by atoms with E-state index in [0.717, 1.165) is 18.0 Å². The summed E-state index contributed by atoms with van der Waals surface area (Å²) in [7, 11) is 2.05. The molecule has 0 bridgehead atoms. The molecule has 0 saturated carbocycles. The Morgan fingerprint density at radius 3 is 3.24 bits per heavy atom. The van der Waals surface area contributed by atoms with Gasteiger partial charge < -0.3 is 20.1 Å². The molecule has 5 nitrogen and oxygen atoms in total. The SMILES string of the molecule is CN1CCOC(CNC(=O)c2ccc(C#CCCO)s2)C1. The number of likely N-dealkylation sites (N-methyl/N-ethyl adjacent to an activating group) is 1. The van der Waals surface area contributed by atoms with Gasteiger partial charge in [0.25, 0.3) is 5.91 Å². The van der Waals surface area contributed by atoms with E-state index in [1.54, 1.807) is 6.07 Å². The van der Waals surface area contributed by atoms with E-state index in [4.69, 9.17) is 9.84 Å². The first-order valence-corrected chi connectivity index (χ1v) is 7.78. The van der Waals surface area contributed by atoms with Crippen LogP contribution in [0.4, 0.5) is 0 Å². The number of thiophene rings is 1. The van der Waals surface area contributed by atoms with E-state index in [-0.39, 0.29) is 18.6 Å². The van der Waals surface area contributed by atoms with E-state index in [9.17, 15) is 4.79 Å². The number of hydrogen-bond donors (Lipinski definition) is 2. The van der Waals surface area contributed by atoms with Crippen LogP contribution in [0.1, 0.15) is 21.0 Å². The average molecular weight is 308 g/mol. The third-order valence-electron chi connectivity index (χ3n) is 3.11. The lowest BCUT2D eigenvalue weighted by Crippen LogP contribution is -2.45. The number of hydrogen-bond acceptors (Lipinski definition) is 5. The number of rotatable bonds is 4. The molecule has 21 heavy (non-hydrogen) atoms. The molecule has 1 aromatic rings. The zero-order valence-electron chi connectivity index (χ0n) is 12.1. The standard InChI is InChI=1S/C15H20N2O3S/c1-17-7-9-20-12(11-17)10-16-15(19)14-6-5-13(21-14)4-2-3-8-18/h5-6,12,18H,3,7-11H2,1H3,(H,16,19). The summed E-state index contributed by atoms with van der Waals surface area (Å²) in [6.45, 7) is 3.06. The molecule has 1 aliphatic rings. The molecule has 1 amide bonds. The van der Waals surface area contributed by atoms with Gasteiger partial charge in [-0.25, -0.2) is 0 Å². The summed E-state index contributed by atoms with van der Waals surface area (Å²) in [6.07, 6.45) is 0.503. The molecule has 0 aliphatic carbocycles. The van der Waals surface area contributed by atoms with Gasteiger partial charge in [0.2, 0.25) is 0 Å². The maximum absolute atomic E-state index is 12.1. The number of aliphatic hydroxyl groups excluding tert-OH is 1. The van der Waals surface area contributed by atoms with Gasteiger partial charge in [0.15, 0.2) is 0 Å². The second-order valence-corrected chi connectivity index (χ2v) is 5.99. The van der Waals surface area contributed by atoms with Crippen LogP contribution in [-0.2, 0) is 4.74 Å². The summed E-state index contributed by atoms with van der Waals surface area (Å²) in [5.41, 5.74) is 0. The largest absolute Gasteiger partial charge is 0.395 e. The van der Waals surface area contributed by atoms with E-state index < -0.39 is 0 Å². The fourth-order valence-corrected chi connectivity index (χ4v) is 2.81. The molecule has 2 heterocycles. The molecule has 114 valence electrons. The predicted octanol–water partition coefficient (Wildman–Crippen LogP) is 0.542. The summed E-state index contributed by atoms with van der Waals surface area (Å²) in [6, 6.07) is 3.60. The van der Waals surface area contributed by atoms with Crippen LogP contribution in [0.25, 0.3) is 0 Å². The van der Waals surface area contributed by atoms with E-state index in [0.29, 0.717) is 24.4 Å². The van der Waals surface area contributed by atoms with E-state index in [1.165, 1.54) is 11.3 Å². The number of nitrogens with zero attached hydrogens (tertiary/aromatic N) is 1. The van der Waals surface area contributed by atoms with Crippen molar-refractivity contribution < 1.29 is 14.6 Å². The third-order valence-corrected chi connectivity index (χ3v) is 4.11. The molecule has 0 radical (unpaired) electrons. The van der Waals surface area contributed by atoms with Gasteiger partial charge in [-0.2, -0.15) is 0 Å². The van der Waals surface area contributed by atoms with Crippen LogP contribution in [-0.4, -0.2) is 61.9 Å². The van der Waals surface area contributed by atoms with Crippen molar-refractivity contribution in [3.63, 3.8) is 0 Å². The lowest BCUT2D eigenvalue weighted by Gasteiger charge is -2.30. The molecule has 2 rings (SSSR count).